The number of benzene rings is 2. The van der Waals surface area contributed by atoms with Gasteiger partial charge < -0.3 is 0 Å². The summed E-state index contributed by atoms with van der Waals surface area (Å²) in [6.45, 7) is 6.54. The Morgan fingerprint density at radius 2 is 1.64 bits per heavy atom. The van der Waals surface area contributed by atoms with E-state index in [0.29, 0.717) is 0 Å². The van der Waals surface area contributed by atoms with Gasteiger partial charge in [-0.25, -0.2) is 4.57 Å². The van der Waals surface area contributed by atoms with Crippen molar-refractivity contribution in [3.8, 4) is 0 Å². The number of imidazole rings is 1. The van der Waals surface area contributed by atoms with Gasteiger partial charge in [0.15, 0.2) is 11.0 Å². The number of fused-ring (bicyclic) bond motifs is 8. The first kappa shape index (κ1) is 14.4. The predicted octanol–water partition coefficient (Wildman–Crippen LogP) is 4.54. The van der Waals surface area contributed by atoms with Crippen molar-refractivity contribution in [2.24, 2.45) is 7.05 Å². The average molecular weight is 326 g/mol. The zero-order chi connectivity index (χ0) is 17.3. The maximum Gasteiger partial charge on any atom is 0.297 e. The highest BCUT2D eigenvalue weighted by Crippen LogP contribution is 2.32. The summed E-state index contributed by atoms with van der Waals surface area (Å²) < 4.78 is 4.71. The van der Waals surface area contributed by atoms with Crippen LogP contribution >= 0.6 is 0 Å². The molecular formula is C22H20N3+. The highest BCUT2D eigenvalue weighted by atomic mass is 15.1. The Balaban J connectivity index is 2.25. The molecule has 5 aromatic rings. The van der Waals surface area contributed by atoms with E-state index in [1.54, 1.807) is 0 Å². The quantitative estimate of drug-likeness (QED) is 0.302. The van der Waals surface area contributed by atoms with Gasteiger partial charge in [-0.2, -0.15) is 4.40 Å². The molecule has 0 unspecified atom stereocenters. The predicted molar refractivity (Wildman–Crippen MR) is 103 cm³/mol. The van der Waals surface area contributed by atoms with Gasteiger partial charge in [-0.1, -0.05) is 12.1 Å². The normalized spacial score (nSPS) is 12.0. The molecule has 0 aliphatic rings. The minimum Gasteiger partial charge on any atom is -0.255 e. The minimum absolute atomic E-state index is 1.08. The first-order valence-corrected chi connectivity index (χ1v) is 8.65. The van der Waals surface area contributed by atoms with Crippen molar-refractivity contribution in [1.29, 1.82) is 0 Å². The summed E-state index contributed by atoms with van der Waals surface area (Å²) >= 11 is 0. The Bertz CT molecular complexity index is 1330. The third kappa shape index (κ3) is 1.75. The lowest BCUT2D eigenvalue weighted by molar-refractivity contribution is -0.617. The number of pyridine rings is 2. The van der Waals surface area contributed by atoms with Crippen LogP contribution in [-0.4, -0.2) is 9.38 Å². The second kappa shape index (κ2) is 4.79. The zero-order valence-electron chi connectivity index (χ0n) is 15.0. The molecule has 25 heavy (non-hydrogen) atoms. The summed E-state index contributed by atoms with van der Waals surface area (Å²) in [4.78, 5) is 4.74. The Hall–Kier alpha value is -2.94. The van der Waals surface area contributed by atoms with Crippen molar-refractivity contribution in [2.75, 3.05) is 0 Å². The molecule has 0 aliphatic carbocycles. The van der Waals surface area contributed by atoms with E-state index in [1.807, 2.05) is 6.20 Å². The molecule has 0 spiro atoms. The zero-order valence-corrected chi connectivity index (χ0v) is 15.0. The monoisotopic (exact) mass is 326 g/mol. The summed E-state index contributed by atoms with van der Waals surface area (Å²) in [7, 11) is 2.16. The molecule has 3 heterocycles. The fourth-order valence-electron chi connectivity index (χ4n) is 4.05. The Kier molecular flexibility index (Phi) is 2.76. The Labute approximate surface area is 146 Å². The summed E-state index contributed by atoms with van der Waals surface area (Å²) in [6, 6.07) is 15.3. The standard InChI is InChI=1S/C22H20N3/c1-13-9-10-23-21-16-7-5-6-8-17(16)25-19-12-15(3)14(2)11-18(19)24(4)22(25)20(13)21/h5-12H,1-4H3/q+1. The van der Waals surface area contributed by atoms with E-state index in [2.05, 4.69) is 79.3 Å². The van der Waals surface area contributed by atoms with Crippen molar-refractivity contribution >= 4 is 38.5 Å². The molecule has 0 aliphatic heterocycles. The molecule has 5 rings (SSSR count). The van der Waals surface area contributed by atoms with Crippen LogP contribution in [0.5, 0.6) is 0 Å². The van der Waals surface area contributed by atoms with Gasteiger partial charge in [0.25, 0.3) is 5.65 Å². The number of hydrogen-bond acceptors (Lipinski definition) is 1. The van der Waals surface area contributed by atoms with E-state index in [1.165, 1.54) is 49.7 Å². The van der Waals surface area contributed by atoms with E-state index < -0.39 is 0 Å². The molecule has 0 atom stereocenters. The molecule has 0 radical (unpaired) electrons. The Morgan fingerprint density at radius 1 is 0.880 bits per heavy atom. The lowest BCUT2D eigenvalue weighted by atomic mass is 10.1. The van der Waals surface area contributed by atoms with Crippen LogP contribution in [0.3, 0.4) is 0 Å². The maximum atomic E-state index is 4.74. The average Bonchev–Trinajstić information content (AvgIpc) is 2.88. The van der Waals surface area contributed by atoms with E-state index in [9.17, 15) is 0 Å². The molecule has 0 amide bonds. The van der Waals surface area contributed by atoms with Crippen molar-refractivity contribution in [2.45, 2.75) is 20.8 Å². The van der Waals surface area contributed by atoms with Crippen molar-refractivity contribution in [1.82, 2.24) is 9.38 Å². The molecular weight excluding hydrogens is 306 g/mol. The van der Waals surface area contributed by atoms with Crippen LogP contribution in [0.4, 0.5) is 0 Å². The smallest absolute Gasteiger partial charge is 0.255 e. The van der Waals surface area contributed by atoms with Crippen LogP contribution in [-0.2, 0) is 7.05 Å². The van der Waals surface area contributed by atoms with Gasteiger partial charge in [0, 0.05) is 11.6 Å². The van der Waals surface area contributed by atoms with Crippen LogP contribution < -0.4 is 4.57 Å². The van der Waals surface area contributed by atoms with Gasteiger partial charge in [-0.15, -0.1) is 0 Å². The third-order valence-corrected chi connectivity index (χ3v) is 5.51. The molecule has 0 saturated heterocycles. The molecule has 2 aromatic carbocycles. The van der Waals surface area contributed by atoms with E-state index in [-0.39, 0.29) is 0 Å². The van der Waals surface area contributed by atoms with Gasteiger partial charge >= 0.3 is 0 Å². The summed E-state index contributed by atoms with van der Waals surface area (Å²) in [5.74, 6) is 0. The number of aromatic nitrogens is 3. The topological polar surface area (TPSA) is 21.2 Å². The molecule has 3 heteroatoms. The molecule has 0 N–H and O–H groups in total. The number of hydrogen-bond donors (Lipinski definition) is 0. The van der Waals surface area contributed by atoms with Gasteiger partial charge in [-0.3, -0.25) is 4.98 Å². The van der Waals surface area contributed by atoms with E-state index in [0.717, 1.165) is 5.52 Å². The largest absolute Gasteiger partial charge is 0.297 e. The van der Waals surface area contributed by atoms with Gasteiger partial charge in [-0.05, 0) is 67.8 Å². The van der Waals surface area contributed by atoms with Crippen LogP contribution in [0.15, 0.2) is 48.7 Å². The van der Waals surface area contributed by atoms with Crippen molar-refractivity contribution in [3.63, 3.8) is 0 Å². The molecule has 122 valence electrons. The highest BCUT2D eigenvalue weighted by Gasteiger charge is 2.24. The van der Waals surface area contributed by atoms with E-state index in [4.69, 9.17) is 4.98 Å². The molecule has 0 fully saturated rings. The maximum absolute atomic E-state index is 4.74. The second-order valence-electron chi connectivity index (χ2n) is 7.01. The molecule has 0 saturated carbocycles. The summed E-state index contributed by atoms with van der Waals surface area (Å²) in [5, 5.41) is 2.43. The SMILES string of the molecule is Cc1cc2c(cc1C)[n+](C)c1c3c(C)ccnc3c3ccccc3n21. The van der Waals surface area contributed by atoms with Crippen LogP contribution in [0, 0.1) is 20.8 Å². The second-order valence-corrected chi connectivity index (χ2v) is 7.01. The lowest BCUT2D eigenvalue weighted by Gasteiger charge is -2.06. The van der Waals surface area contributed by atoms with Gasteiger partial charge in [0.05, 0.1) is 18.0 Å². The van der Waals surface area contributed by atoms with Crippen LogP contribution in [0.2, 0.25) is 0 Å². The third-order valence-electron chi connectivity index (χ3n) is 5.51. The molecule has 3 aromatic heterocycles. The number of para-hydroxylation sites is 1. The van der Waals surface area contributed by atoms with Crippen LogP contribution in [0.1, 0.15) is 16.7 Å². The molecule has 3 nitrogen and oxygen atoms in total. The van der Waals surface area contributed by atoms with Crippen molar-refractivity contribution < 1.29 is 4.57 Å². The lowest BCUT2D eigenvalue weighted by Crippen LogP contribution is -2.27. The number of rotatable bonds is 0. The number of nitrogens with zero attached hydrogens (tertiary/aromatic N) is 3. The minimum atomic E-state index is 1.08. The highest BCUT2D eigenvalue weighted by molar-refractivity contribution is 6.11. The Morgan fingerprint density at radius 3 is 2.48 bits per heavy atom. The van der Waals surface area contributed by atoms with E-state index >= 15 is 0 Å². The fraction of sp³-hybridized carbons (Fsp3) is 0.182. The first-order valence-electron chi connectivity index (χ1n) is 8.65. The molecule has 0 bridgehead atoms. The fourth-order valence-corrected chi connectivity index (χ4v) is 4.05. The summed E-state index contributed by atoms with van der Waals surface area (Å²) in [6.07, 6.45) is 1.91. The van der Waals surface area contributed by atoms with Gasteiger partial charge in [0.2, 0.25) is 0 Å². The van der Waals surface area contributed by atoms with Crippen molar-refractivity contribution in [3.05, 3.63) is 65.4 Å². The number of aryl methyl sites for hydroxylation is 4. The summed E-state index contributed by atoms with van der Waals surface area (Å²) in [5.41, 5.74) is 9.90. The van der Waals surface area contributed by atoms with Gasteiger partial charge in [0.1, 0.15) is 5.52 Å². The first-order chi connectivity index (χ1) is 12.1. The van der Waals surface area contributed by atoms with Crippen LogP contribution in [0.25, 0.3) is 38.5 Å².